The van der Waals surface area contributed by atoms with Crippen LogP contribution in [0.4, 0.5) is 4.39 Å². The zero-order valence-corrected chi connectivity index (χ0v) is 13.3. The van der Waals surface area contributed by atoms with Gasteiger partial charge in [0.1, 0.15) is 11.4 Å². The maximum absolute atomic E-state index is 14.2. The van der Waals surface area contributed by atoms with Crippen LogP contribution in [0.5, 0.6) is 0 Å². The van der Waals surface area contributed by atoms with Crippen LogP contribution in [0.3, 0.4) is 0 Å². The van der Waals surface area contributed by atoms with E-state index >= 15 is 0 Å². The minimum Gasteiger partial charge on any atom is -0.241 e. The molecule has 0 aromatic heterocycles. The zero-order chi connectivity index (χ0) is 13.8. The summed E-state index contributed by atoms with van der Waals surface area (Å²) < 4.78 is 41.2. The lowest BCUT2D eigenvalue weighted by Crippen LogP contribution is -2.35. The number of alkyl halides is 1. The van der Waals surface area contributed by atoms with Crippen molar-refractivity contribution in [2.75, 3.05) is 6.54 Å². The van der Waals surface area contributed by atoms with Gasteiger partial charge in [-0.1, -0.05) is 19.1 Å². The van der Waals surface area contributed by atoms with Crippen molar-refractivity contribution in [2.24, 2.45) is 0 Å². The lowest BCUT2D eigenvalue weighted by molar-refractivity contribution is 0.332. The first-order chi connectivity index (χ1) is 8.38. The standard InChI is InChI=1S/C12H17FINO2S/c1-3-8-15-18(16,17)9(2)12(13)10-4-6-11(14)7-5-10/h4-7,9,12,15H,3,8H2,1-2H3. The molecule has 3 nitrogen and oxygen atoms in total. The second kappa shape index (κ2) is 6.81. The van der Waals surface area contributed by atoms with Gasteiger partial charge in [0.15, 0.2) is 0 Å². The maximum Gasteiger partial charge on any atom is 0.217 e. The Morgan fingerprint density at radius 2 is 1.89 bits per heavy atom. The molecule has 0 bridgehead atoms. The summed E-state index contributed by atoms with van der Waals surface area (Å²) in [6.45, 7) is 3.59. The van der Waals surface area contributed by atoms with Crippen molar-refractivity contribution in [1.29, 1.82) is 0 Å². The van der Waals surface area contributed by atoms with E-state index < -0.39 is 21.4 Å². The number of halogens is 2. The van der Waals surface area contributed by atoms with Crippen molar-refractivity contribution in [3.63, 3.8) is 0 Å². The largest absolute Gasteiger partial charge is 0.241 e. The highest BCUT2D eigenvalue weighted by atomic mass is 127. The van der Waals surface area contributed by atoms with Crippen LogP contribution in [0.2, 0.25) is 0 Å². The van der Waals surface area contributed by atoms with E-state index in [1.54, 1.807) is 24.3 Å². The van der Waals surface area contributed by atoms with Crippen LogP contribution in [0.25, 0.3) is 0 Å². The molecule has 0 amide bonds. The van der Waals surface area contributed by atoms with Crippen LogP contribution in [0.1, 0.15) is 32.0 Å². The number of nitrogens with one attached hydrogen (secondary N) is 1. The number of benzene rings is 1. The molecule has 0 radical (unpaired) electrons. The minimum absolute atomic E-state index is 0.339. The van der Waals surface area contributed by atoms with Crippen molar-refractivity contribution in [3.05, 3.63) is 33.4 Å². The van der Waals surface area contributed by atoms with E-state index in [2.05, 4.69) is 27.3 Å². The van der Waals surface area contributed by atoms with Crippen LogP contribution >= 0.6 is 22.6 Å². The van der Waals surface area contributed by atoms with Crippen LogP contribution in [-0.4, -0.2) is 20.2 Å². The summed E-state index contributed by atoms with van der Waals surface area (Å²) in [7, 11) is -3.61. The van der Waals surface area contributed by atoms with Crippen LogP contribution in [0, 0.1) is 3.57 Å². The van der Waals surface area contributed by atoms with E-state index in [1.165, 1.54) is 6.92 Å². The van der Waals surface area contributed by atoms with E-state index in [0.29, 0.717) is 18.5 Å². The summed E-state index contributed by atoms with van der Waals surface area (Å²) in [6.07, 6.45) is -0.830. The first kappa shape index (κ1) is 15.8. The Morgan fingerprint density at radius 1 is 1.33 bits per heavy atom. The van der Waals surface area contributed by atoms with Gasteiger partial charge < -0.3 is 0 Å². The predicted molar refractivity (Wildman–Crippen MR) is 79.7 cm³/mol. The molecule has 0 aliphatic rings. The van der Waals surface area contributed by atoms with Gasteiger partial charge in [-0.2, -0.15) is 0 Å². The van der Waals surface area contributed by atoms with Gasteiger partial charge >= 0.3 is 0 Å². The molecule has 0 aliphatic heterocycles. The highest BCUT2D eigenvalue weighted by molar-refractivity contribution is 14.1. The van der Waals surface area contributed by atoms with Gasteiger partial charge in [0.2, 0.25) is 10.0 Å². The van der Waals surface area contributed by atoms with Crippen molar-refractivity contribution in [1.82, 2.24) is 4.72 Å². The Morgan fingerprint density at radius 3 is 2.39 bits per heavy atom. The molecular formula is C12H17FINO2S. The fourth-order valence-electron chi connectivity index (χ4n) is 1.45. The van der Waals surface area contributed by atoms with Crippen molar-refractivity contribution in [2.45, 2.75) is 31.7 Å². The van der Waals surface area contributed by atoms with Crippen LogP contribution in [0.15, 0.2) is 24.3 Å². The third-order valence-corrected chi connectivity index (χ3v) is 5.19. The summed E-state index contributed by atoms with van der Waals surface area (Å²) in [5.74, 6) is 0. The molecule has 6 heteroatoms. The molecule has 0 spiro atoms. The molecule has 2 unspecified atom stereocenters. The number of hydrogen-bond donors (Lipinski definition) is 1. The summed E-state index contributed by atoms with van der Waals surface area (Å²) in [5.41, 5.74) is 0.393. The average Bonchev–Trinajstić information content (AvgIpc) is 2.35. The molecule has 102 valence electrons. The molecular weight excluding hydrogens is 368 g/mol. The molecule has 1 N–H and O–H groups in total. The summed E-state index contributed by atoms with van der Waals surface area (Å²) in [4.78, 5) is 0. The first-order valence-corrected chi connectivity index (χ1v) is 8.39. The molecule has 1 rings (SSSR count). The van der Waals surface area contributed by atoms with Gasteiger partial charge in [-0.3, -0.25) is 0 Å². The highest BCUT2D eigenvalue weighted by Crippen LogP contribution is 2.26. The van der Waals surface area contributed by atoms with Crippen LogP contribution in [-0.2, 0) is 10.0 Å². The third kappa shape index (κ3) is 4.17. The van der Waals surface area contributed by atoms with Crippen molar-refractivity contribution >= 4 is 32.6 Å². The Hall–Kier alpha value is -0.210. The van der Waals surface area contributed by atoms with Gasteiger partial charge in [-0.15, -0.1) is 0 Å². The minimum atomic E-state index is -3.61. The van der Waals surface area contributed by atoms with Gasteiger partial charge in [0, 0.05) is 10.1 Å². The Bertz CT molecular complexity index is 475. The molecule has 2 atom stereocenters. The smallest absolute Gasteiger partial charge is 0.217 e. The number of sulfonamides is 1. The van der Waals surface area contributed by atoms with E-state index in [0.717, 1.165) is 3.57 Å². The zero-order valence-electron chi connectivity index (χ0n) is 10.4. The topological polar surface area (TPSA) is 46.2 Å². The quantitative estimate of drug-likeness (QED) is 0.766. The molecule has 0 heterocycles. The van der Waals surface area contributed by atoms with Crippen LogP contribution < -0.4 is 4.72 Å². The monoisotopic (exact) mass is 385 g/mol. The normalized spacial score (nSPS) is 15.3. The van der Waals surface area contributed by atoms with Gasteiger partial charge in [0.25, 0.3) is 0 Å². The Labute approximate surface area is 121 Å². The molecule has 1 aromatic carbocycles. The second-order valence-electron chi connectivity index (χ2n) is 4.10. The molecule has 0 saturated carbocycles. The van der Waals surface area contributed by atoms with Gasteiger partial charge in [-0.25, -0.2) is 17.5 Å². The molecule has 0 fully saturated rings. The average molecular weight is 385 g/mol. The fourth-order valence-corrected chi connectivity index (χ4v) is 3.03. The Kier molecular flexibility index (Phi) is 6.00. The summed E-state index contributed by atoms with van der Waals surface area (Å²) in [5, 5.41) is -1.09. The third-order valence-electron chi connectivity index (χ3n) is 2.64. The first-order valence-electron chi connectivity index (χ1n) is 5.76. The Balaban J connectivity index is 2.83. The van der Waals surface area contributed by atoms with Gasteiger partial charge in [0.05, 0.1) is 0 Å². The predicted octanol–water partition coefficient (Wildman–Crippen LogP) is 3.02. The number of rotatable bonds is 6. The SMILES string of the molecule is CCCNS(=O)(=O)C(C)C(F)c1ccc(I)cc1. The number of hydrogen-bond acceptors (Lipinski definition) is 2. The molecule has 1 aromatic rings. The summed E-state index contributed by atoms with van der Waals surface area (Å²) >= 11 is 2.12. The van der Waals surface area contributed by atoms with Gasteiger partial charge in [-0.05, 0) is 53.6 Å². The molecule has 18 heavy (non-hydrogen) atoms. The van der Waals surface area contributed by atoms with E-state index in [1.807, 2.05) is 6.92 Å². The van der Waals surface area contributed by atoms with Crippen molar-refractivity contribution < 1.29 is 12.8 Å². The van der Waals surface area contributed by atoms with E-state index in [9.17, 15) is 12.8 Å². The highest BCUT2D eigenvalue weighted by Gasteiger charge is 2.30. The van der Waals surface area contributed by atoms with E-state index in [-0.39, 0.29) is 0 Å². The lowest BCUT2D eigenvalue weighted by atomic mass is 10.1. The molecule has 0 aliphatic carbocycles. The lowest BCUT2D eigenvalue weighted by Gasteiger charge is -2.18. The summed E-state index contributed by atoms with van der Waals surface area (Å²) in [6, 6.07) is 6.78. The fraction of sp³-hybridized carbons (Fsp3) is 0.500. The van der Waals surface area contributed by atoms with E-state index in [4.69, 9.17) is 0 Å². The molecule has 0 saturated heterocycles. The van der Waals surface area contributed by atoms with Crippen molar-refractivity contribution in [3.8, 4) is 0 Å². The maximum atomic E-state index is 14.2. The second-order valence-corrected chi connectivity index (χ2v) is 7.47.